The molecule has 2 heterocycles. The summed E-state index contributed by atoms with van der Waals surface area (Å²) in [5, 5.41) is 3.07. The second-order valence-corrected chi connectivity index (χ2v) is 6.25. The lowest BCUT2D eigenvalue weighted by molar-refractivity contribution is 0.581. The van der Waals surface area contributed by atoms with Gasteiger partial charge in [0, 0.05) is 44.2 Å². The Bertz CT molecular complexity index is 655. The normalized spacial score (nSPS) is 11.5. The summed E-state index contributed by atoms with van der Waals surface area (Å²) in [4.78, 5) is 11.3. The maximum atomic E-state index is 12.2. The van der Waals surface area contributed by atoms with E-state index in [0.717, 1.165) is 18.8 Å². The van der Waals surface area contributed by atoms with Crippen LogP contribution in [0, 0.1) is 0 Å². The second-order valence-electron chi connectivity index (χ2n) is 4.49. The van der Waals surface area contributed by atoms with Crippen LogP contribution in [0.1, 0.15) is 19.2 Å². The Balaban J connectivity index is 1.98. The zero-order chi connectivity index (χ0) is 15.1. The van der Waals surface area contributed by atoms with E-state index in [1.165, 1.54) is 18.3 Å². The van der Waals surface area contributed by atoms with Crippen molar-refractivity contribution in [2.75, 3.05) is 18.4 Å². The average Bonchev–Trinajstić information content (AvgIpc) is 2.98. The molecule has 0 unspecified atom stereocenters. The Hall–Kier alpha value is -1.93. The fraction of sp³-hybridized carbons (Fsp3) is 0.385. The first-order valence-electron chi connectivity index (χ1n) is 6.79. The summed E-state index contributed by atoms with van der Waals surface area (Å²) < 4.78 is 26.9. The Morgan fingerprint density at radius 2 is 2.10 bits per heavy atom. The summed E-state index contributed by atoms with van der Waals surface area (Å²) >= 11 is 0. The molecule has 0 saturated carbocycles. The summed E-state index contributed by atoms with van der Waals surface area (Å²) in [6.07, 6.45) is 6.29. The van der Waals surface area contributed by atoms with Crippen LogP contribution in [0.15, 0.2) is 35.6 Å². The summed E-state index contributed by atoms with van der Waals surface area (Å²) in [5.74, 6) is 1.31. The van der Waals surface area contributed by atoms with Crippen LogP contribution in [0.3, 0.4) is 0 Å². The maximum absolute atomic E-state index is 12.2. The highest BCUT2D eigenvalue weighted by atomic mass is 32.2. The van der Waals surface area contributed by atoms with Gasteiger partial charge in [-0.2, -0.15) is 0 Å². The van der Waals surface area contributed by atoms with Crippen molar-refractivity contribution in [3.05, 3.63) is 36.5 Å². The molecule has 0 aliphatic rings. The number of rotatable bonds is 8. The van der Waals surface area contributed by atoms with Crippen LogP contribution in [-0.2, 0) is 16.4 Å². The molecule has 0 bridgehead atoms. The standard InChI is InChI=1S/C13H19N5O2S/c1-2-5-14-13-10-11(3-6-15-13)21(19,20)18-7-4-12-16-8-9-17-12/h3,6,8-10,18H,2,4-5,7H2,1H3,(H,14,15)(H,16,17). The van der Waals surface area contributed by atoms with E-state index in [1.54, 1.807) is 12.4 Å². The molecule has 0 aromatic carbocycles. The van der Waals surface area contributed by atoms with Gasteiger partial charge in [-0.15, -0.1) is 0 Å². The lowest BCUT2D eigenvalue weighted by atomic mass is 10.4. The highest BCUT2D eigenvalue weighted by Crippen LogP contribution is 2.12. The number of hydrogen-bond donors (Lipinski definition) is 3. The Morgan fingerprint density at radius 3 is 2.81 bits per heavy atom. The minimum absolute atomic E-state index is 0.204. The number of aromatic nitrogens is 3. The van der Waals surface area contributed by atoms with Crippen LogP contribution in [0.25, 0.3) is 0 Å². The summed E-state index contributed by atoms with van der Waals surface area (Å²) in [5.41, 5.74) is 0. The number of aromatic amines is 1. The van der Waals surface area contributed by atoms with Crippen LogP contribution in [0.4, 0.5) is 5.82 Å². The summed E-state index contributed by atoms with van der Waals surface area (Å²) in [6.45, 7) is 3.07. The van der Waals surface area contributed by atoms with E-state index < -0.39 is 10.0 Å². The van der Waals surface area contributed by atoms with Crippen molar-refractivity contribution in [2.24, 2.45) is 0 Å². The monoisotopic (exact) mass is 309 g/mol. The number of nitrogens with zero attached hydrogens (tertiary/aromatic N) is 2. The first-order valence-corrected chi connectivity index (χ1v) is 8.28. The van der Waals surface area contributed by atoms with E-state index in [-0.39, 0.29) is 11.4 Å². The molecule has 0 fully saturated rings. The minimum Gasteiger partial charge on any atom is -0.370 e. The van der Waals surface area contributed by atoms with Gasteiger partial charge in [0.05, 0.1) is 4.90 Å². The first kappa shape index (κ1) is 15.5. The third-order valence-corrected chi connectivity index (χ3v) is 4.27. The van der Waals surface area contributed by atoms with Crippen molar-refractivity contribution in [1.82, 2.24) is 19.7 Å². The van der Waals surface area contributed by atoms with Gasteiger partial charge in [0.1, 0.15) is 11.6 Å². The maximum Gasteiger partial charge on any atom is 0.240 e. The molecule has 8 heteroatoms. The molecule has 0 spiro atoms. The van der Waals surface area contributed by atoms with Crippen LogP contribution in [0.2, 0.25) is 0 Å². The average molecular weight is 309 g/mol. The predicted molar refractivity (Wildman–Crippen MR) is 80.5 cm³/mol. The van der Waals surface area contributed by atoms with E-state index in [4.69, 9.17) is 0 Å². The van der Waals surface area contributed by atoms with Gasteiger partial charge in [-0.25, -0.2) is 23.1 Å². The second kappa shape index (κ2) is 7.19. The highest BCUT2D eigenvalue weighted by Gasteiger charge is 2.14. The number of anilines is 1. The fourth-order valence-corrected chi connectivity index (χ4v) is 2.79. The van der Waals surface area contributed by atoms with Crippen molar-refractivity contribution in [1.29, 1.82) is 0 Å². The molecule has 0 atom stereocenters. The van der Waals surface area contributed by atoms with E-state index in [0.29, 0.717) is 12.2 Å². The van der Waals surface area contributed by atoms with Gasteiger partial charge in [-0.05, 0) is 12.5 Å². The third kappa shape index (κ3) is 4.54. The van der Waals surface area contributed by atoms with Crippen molar-refractivity contribution in [3.63, 3.8) is 0 Å². The molecule has 0 amide bonds. The zero-order valence-corrected chi connectivity index (χ0v) is 12.7. The van der Waals surface area contributed by atoms with Gasteiger partial charge in [0.25, 0.3) is 0 Å². The number of imidazole rings is 1. The molecular formula is C13H19N5O2S. The molecule has 2 aromatic rings. The topological polar surface area (TPSA) is 99.8 Å². The molecule has 2 aromatic heterocycles. The summed E-state index contributed by atoms with van der Waals surface area (Å²) in [6, 6.07) is 3.01. The van der Waals surface area contributed by atoms with Gasteiger partial charge in [-0.1, -0.05) is 6.92 Å². The molecule has 0 aliphatic heterocycles. The van der Waals surface area contributed by atoms with Crippen LogP contribution in [0.5, 0.6) is 0 Å². The lowest BCUT2D eigenvalue weighted by Gasteiger charge is -2.08. The van der Waals surface area contributed by atoms with Crippen LogP contribution >= 0.6 is 0 Å². The summed E-state index contributed by atoms with van der Waals surface area (Å²) in [7, 11) is -3.53. The van der Waals surface area contributed by atoms with E-state index in [2.05, 4.69) is 25.0 Å². The fourth-order valence-electron chi connectivity index (χ4n) is 1.75. The largest absolute Gasteiger partial charge is 0.370 e. The molecule has 3 N–H and O–H groups in total. The number of sulfonamides is 1. The van der Waals surface area contributed by atoms with Crippen molar-refractivity contribution in [2.45, 2.75) is 24.7 Å². The van der Waals surface area contributed by atoms with E-state index >= 15 is 0 Å². The van der Waals surface area contributed by atoms with E-state index in [1.807, 2.05) is 6.92 Å². The Morgan fingerprint density at radius 1 is 1.24 bits per heavy atom. The molecule has 0 radical (unpaired) electrons. The number of hydrogen-bond acceptors (Lipinski definition) is 5. The van der Waals surface area contributed by atoms with Crippen LogP contribution < -0.4 is 10.0 Å². The van der Waals surface area contributed by atoms with Gasteiger partial charge < -0.3 is 10.3 Å². The first-order chi connectivity index (χ1) is 10.1. The molecule has 0 aliphatic carbocycles. The minimum atomic E-state index is -3.53. The quantitative estimate of drug-likeness (QED) is 0.679. The predicted octanol–water partition coefficient (Wildman–Crippen LogP) is 1.15. The number of pyridine rings is 1. The van der Waals surface area contributed by atoms with Gasteiger partial charge in [0.15, 0.2) is 0 Å². The van der Waals surface area contributed by atoms with Crippen LogP contribution in [-0.4, -0.2) is 36.5 Å². The highest BCUT2D eigenvalue weighted by molar-refractivity contribution is 7.89. The van der Waals surface area contributed by atoms with E-state index in [9.17, 15) is 8.42 Å². The smallest absolute Gasteiger partial charge is 0.240 e. The van der Waals surface area contributed by atoms with Gasteiger partial charge in [-0.3, -0.25) is 0 Å². The molecule has 114 valence electrons. The van der Waals surface area contributed by atoms with Crippen molar-refractivity contribution >= 4 is 15.8 Å². The Labute approximate surface area is 124 Å². The Kier molecular flexibility index (Phi) is 5.29. The third-order valence-electron chi connectivity index (χ3n) is 2.81. The molecule has 0 saturated heterocycles. The van der Waals surface area contributed by atoms with Gasteiger partial charge >= 0.3 is 0 Å². The zero-order valence-electron chi connectivity index (χ0n) is 11.8. The molecular weight excluding hydrogens is 290 g/mol. The molecule has 21 heavy (non-hydrogen) atoms. The SMILES string of the molecule is CCCNc1cc(S(=O)(=O)NCCc2ncc[nH]2)ccn1. The lowest BCUT2D eigenvalue weighted by Crippen LogP contribution is -2.26. The molecule has 7 nitrogen and oxygen atoms in total. The number of H-pyrrole nitrogens is 1. The molecule has 2 rings (SSSR count). The van der Waals surface area contributed by atoms with Gasteiger partial charge in [0.2, 0.25) is 10.0 Å². The van der Waals surface area contributed by atoms with Crippen molar-refractivity contribution in [3.8, 4) is 0 Å². The van der Waals surface area contributed by atoms with Crippen molar-refractivity contribution < 1.29 is 8.42 Å². The number of nitrogens with one attached hydrogen (secondary N) is 3.